The van der Waals surface area contributed by atoms with E-state index in [-0.39, 0.29) is 5.46 Å². The summed E-state index contributed by atoms with van der Waals surface area (Å²) in [6.45, 7) is 0. The zero-order valence-electron chi connectivity index (χ0n) is 13.2. The first-order valence-electron chi connectivity index (χ1n) is 7.06. The molecule has 4 N–H and O–H groups in total. The summed E-state index contributed by atoms with van der Waals surface area (Å²) < 4.78 is 75.5. The van der Waals surface area contributed by atoms with Crippen LogP contribution in [-0.4, -0.2) is 40.7 Å². The average molecular weight is 396 g/mol. The van der Waals surface area contributed by atoms with Gasteiger partial charge >= 0.3 is 26.8 Å². The molecule has 0 bridgehead atoms. The van der Waals surface area contributed by atoms with Crippen LogP contribution in [0.3, 0.4) is 0 Å². The first-order chi connectivity index (χ1) is 12.3. The van der Waals surface area contributed by atoms with E-state index in [4.69, 9.17) is 20.1 Å². The van der Waals surface area contributed by atoms with Crippen molar-refractivity contribution in [1.82, 2.24) is 0 Å². The van der Waals surface area contributed by atoms with Gasteiger partial charge in [-0.3, -0.25) is 0 Å². The number of rotatable bonds is 3. The molecule has 0 saturated carbocycles. The average Bonchev–Trinajstić information content (AvgIpc) is 2.53. The highest BCUT2D eigenvalue weighted by Gasteiger charge is 2.35. The lowest BCUT2D eigenvalue weighted by atomic mass is 9.77. The molecule has 5 nitrogen and oxygen atoms in total. The summed E-state index contributed by atoms with van der Waals surface area (Å²) in [4.78, 5) is 0. The van der Waals surface area contributed by atoms with Crippen molar-refractivity contribution in [1.29, 1.82) is 0 Å². The van der Waals surface area contributed by atoms with Crippen molar-refractivity contribution < 1.29 is 51.2 Å². The van der Waals surface area contributed by atoms with Gasteiger partial charge < -0.3 is 24.8 Å². The molecule has 2 aromatic carbocycles. The molecule has 0 atom stereocenters. The van der Waals surface area contributed by atoms with Gasteiger partial charge in [-0.15, -0.1) is 13.2 Å². The maximum Gasteiger partial charge on any atom is 0.573 e. The van der Waals surface area contributed by atoms with Crippen molar-refractivity contribution in [3.8, 4) is 5.75 Å². The lowest BCUT2D eigenvalue weighted by Crippen LogP contribution is -2.35. The molecule has 0 aliphatic heterocycles. The Kier molecular flexibility index (Phi) is 7.72. The van der Waals surface area contributed by atoms with Crippen LogP contribution in [-0.2, 0) is 6.18 Å². The van der Waals surface area contributed by atoms with Crippen molar-refractivity contribution >= 4 is 25.2 Å². The lowest BCUT2D eigenvalue weighted by Gasteiger charge is -2.12. The molecule has 0 heterocycles. The van der Waals surface area contributed by atoms with Crippen LogP contribution in [0.2, 0.25) is 0 Å². The standard InChI is InChI=1S/C7H6BF3O3.C7H6BF3O2/c9-7(10,11)14-6-4-2-1-3-5(6)8(12)13;9-7(10,11)5-3-1-2-4-6(5)8(12)13/h1-4,12-13H;1-4,12-13H. The van der Waals surface area contributed by atoms with Crippen molar-refractivity contribution in [2.45, 2.75) is 12.5 Å². The van der Waals surface area contributed by atoms with Crippen LogP contribution in [0.5, 0.6) is 5.75 Å². The van der Waals surface area contributed by atoms with Crippen molar-refractivity contribution in [3.63, 3.8) is 0 Å². The predicted molar refractivity (Wildman–Crippen MR) is 84.2 cm³/mol. The highest BCUT2D eigenvalue weighted by Crippen LogP contribution is 2.27. The molecule has 0 radical (unpaired) electrons. The molecule has 13 heteroatoms. The summed E-state index contributed by atoms with van der Waals surface area (Å²) in [5, 5.41) is 34.7. The number of alkyl halides is 6. The van der Waals surface area contributed by atoms with Gasteiger partial charge in [0.25, 0.3) is 0 Å². The van der Waals surface area contributed by atoms with E-state index in [1.54, 1.807) is 0 Å². The van der Waals surface area contributed by atoms with Crippen molar-refractivity contribution in [2.75, 3.05) is 0 Å². The molecule has 0 amide bonds. The fourth-order valence-corrected chi connectivity index (χ4v) is 1.89. The Morgan fingerprint density at radius 1 is 0.667 bits per heavy atom. The fourth-order valence-electron chi connectivity index (χ4n) is 1.89. The highest BCUT2D eigenvalue weighted by atomic mass is 19.4. The molecule has 0 spiro atoms. The van der Waals surface area contributed by atoms with Gasteiger partial charge in [-0.25, -0.2) is 0 Å². The minimum atomic E-state index is -4.84. The number of para-hydroxylation sites is 1. The molecule has 0 unspecified atom stereocenters. The Bertz CT molecular complexity index is 736. The molecular weight excluding hydrogens is 384 g/mol. The van der Waals surface area contributed by atoms with Crippen LogP contribution >= 0.6 is 0 Å². The SMILES string of the molecule is OB(O)c1ccccc1C(F)(F)F.OB(O)c1ccccc1OC(F)(F)F. The van der Waals surface area contributed by atoms with E-state index in [2.05, 4.69) is 4.74 Å². The zero-order valence-corrected chi connectivity index (χ0v) is 13.2. The molecule has 0 saturated heterocycles. The third kappa shape index (κ3) is 7.51. The van der Waals surface area contributed by atoms with E-state index in [0.717, 1.165) is 24.3 Å². The van der Waals surface area contributed by atoms with Gasteiger partial charge in [-0.2, -0.15) is 13.2 Å². The second-order valence-electron chi connectivity index (χ2n) is 4.92. The summed E-state index contributed by atoms with van der Waals surface area (Å²) in [5.41, 5.74) is -1.88. The Morgan fingerprint density at radius 2 is 1.11 bits per heavy atom. The van der Waals surface area contributed by atoms with Gasteiger partial charge in [0, 0.05) is 5.46 Å². The molecule has 0 fully saturated rings. The predicted octanol–water partition coefficient (Wildman–Crippen LogP) is 0.650. The molecule has 27 heavy (non-hydrogen) atoms. The minimum absolute atomic E-state index is 0.329. The van der Waals surface area contributed by atoms with Gasteiger partial charge in [0.1, 0.15) is 5.75 Å². The monoisotopic (exact) mass is 396 g/mol. The maximum absolute atomic E-state index is 12.2. The summed E-state index contributed by atoms with van der Waals surface area (Å²) in [7, 11) is -4.09. The molecule has 0 aliphatic carbocycles. The second kappa shape index (κ2) is 9.13. The van der Waals surface area contributed by atoms with Crippen molar-refractivity contribution in [3.05, 3.63) is 54.1 Å². The molecule has 2 aromatic rings. The van der Waals surface area contributed by atoms with Gasteiger partial charge in [0.15, 0.2) is 0 Å². The van der Waals surface area contributed by atoms with Crippen LogP contribution in [0, 0.1) is 0 Å². The first kappa shape index (κ1) is 22.8. The zero-order chi connectivity index (χ0) is 20.8. The van der Waals surface area contributed by atoms with Gasteiger partial charge in [0.05, 0.1) is 5.56 Å². The molecule has 0 aromatic heterocycles. The normalized spacial score (nSPS) is 11.3. The highest BCUT2D eigenvalue weighted by molar-refractivity contribution is 6.59. The Labute approximate surface area is 149 Å². The van der Waals surface area contributed by atoms with E-state index in [1.807, 2.05) is 0 Å². The smallest absolute Gasteiger partial charge is 0.423 e. The number of benzene rings is 2. The quantitative estimate of drug-likeness (QED) is 0.452. The minimum Gasteiger partial charge on any atom is -0.423 e. The van der Waals surface area contributed by atoms with Crippen LogP contribution in [0.1, 0.15) is 5.56 Å². The van der Waals surface area contributed by atoms with E-state index in [1.165, 1.54) is 24.3 Å². The van der Waals surface area contributed by atoms with Crippen LogP contribution in [0.15, 0.2) is 48.5 Å². The lowest BCUT2D eigenvalue weighted by molar-refractivity contribution is -0.274. The van der Waals surface area contributed by atoms with E-state index in [9.17, 15) is 26.3 Å². The molecular formula is C14H12B2F6O5. The number of ether oxygens (including phenoxy) is 1. The van der Waals surface area contributed by atoms with E-state index in [0.29, 0.717) is 0 Å². The third-order valence-electron chi connectivity index (χ3n) is 2.97. The van der Waals surface area contributed by atoms with Gasteiger partial charge in [-0.05, 0) is 11.5 Å². The van der Waals surface area contributed by atoms with Crippen molar-refractivity contribution in [2.24, 2.45) is 0 Å². The Hall–Kier alpha value is -2.21. The summed E-state index contributed by atoms with van der Waals surface area (Å²) >= 11 is 0. The number of halogens is 6. The van der Waals surface area contributed by atoms with Gasteiger partial charge in [0.2, 0.25) is 0 Å². The topological polar surface area (TPSA) is 90.2 Å². The molecule has 2 rings (SSSR count). The van der Waals surface area contributed by atoms with Crippen LogP contribution in [0.4, 0.5) is 26.3 Å². The Balaban J connectivity index is 0.000000271. The maximum atomic E-state index is 12.2. The van der Waals surface area contributed by atoms with Crippen LogP contribution in [0.25, 0.3) is 0 Å². The fraction of sp³-hybridized carbons (Fsp3) is 0.143. The largest absolute Gasteiger partial charge is 0.573 e. The van der Waals surface area contributed by atoms with E-state index >= 15 is 0 Å². The van der Waals surface area contributed by atoms with Gasteiger partial charge in [-0.1, -0.05) is 42.5 Å². The van der Waals surface area contributed by atoms with Crippen LogP contribution < -0.4 is 15.7 Å². The summed E-state index contributed by atoms with van der Waals surface area (Å²) in [6, 6.07) is 9.12. The number of hydrogen-bond acceptors (Lipinski definition) is 5. The summed E-state index contributed by atoms with van der Waals surface area (Å²) in [6.07, 6.45) is -9.40. The third-order valence-corrected chi connectivity index (χ3v) is 2.97. The summed E-state index contributed by atoms with van der Waals surface area (Å²) in [5.74, 6) is -0.616. The number of hydrogen-bond donors (Lipinski definition) is 4. The second-order valence-corrected chi connectivity index (χ2v) is 4.92. The first-order valence-corrected chi connectivity index (χ1v) is 7.06. The van der Waals surface area contributed by atoms with E-state index < -0.39 is 43.6 Å². The molecule has 146 valence electrons. The Morgan fingerprint density at radius 3 is 1.52 bits per heavy atom. The molecule has 0 aliphatic rings.